The number of urea groups is 1. The van der Waals surface area contributed by atoms with E-state index in [0.29, 0.717) is 26.2 Å². The molecule has 2 aliphatic heterocycles. The Kier molecular flexibility index (Phi) is 6.62. The number of hydrogen-bond donors (Lipinski definition) is 1. The molecule has 8 heteroatoms. The Bertz CT molecular complexity index is 796. The molecule has 3 rings (SSSR count). The maximum absolute atomic E-state index is 12.5. The number of ether oxygens (including phenoxy) is 1. The van der Waals surface area contributed by atoms with Crippen molar-refractivity contribution < 1.29 is 17.9 Å². The van der Waals surface area contributed by atoms with Crippen molar-refractivity contribution in [2.24, 2.45) is 0 Å². The zero-order chi connectivity index (χ0) is 20.3. The molecule has 0 saturated carbocycles. The molecule has 7 nitrogen and oxygen atoms in total. The topological polar surface area (TPSA) is 79.0 Å². The molecule has 2 aliphatic rings. The third-order valence-corrected chi connectivity index (χ3v) is 7.05. The van der Waals surface area contributed by atoms with Crippen molar-refractivity contribution in [3.63, 3.8) is 0 Å². The van der Waals surface area contributed by atoms with Crippen molar-refractivity contribution >= 4 is 21.7 Å². The molecule has 1 aromatic rings. The number of carbonyl (C=O) groups excluding carboxylic acids is 1. The Hall–Kier alpha value is -1.64. The number of likely N-dealkylation sites (tertiary alicyclic amines) is 1. The van der Waals surface area contributed by atoms with Gasteiger partial charge in [-0.05, 0) is 62.8 Å². The molecule has 1 N–H and O–H groups in total. The molecule has 2 amide bonds. The molecule has 2 fully saturated rings. The second kappa shape index (κ2) is 8.80. The van der Waals surface area contributed by atoms with Crippen molar-refractivity contribution in [1.82, 2.24) is 9.21 Å². The van der Waals surface area contributed by atoms with Gasteiger partial charge >= 0.3 is 6.03 Å². The summed E-state index contributed by atoms with van der Waals surface area (Å²) in [5.41, 5.74) is 3.19. The fourth-order valence-corrected chi connectivity index (χ4v) is 4.66. The molecular formula is C20H31N3O4S. The first-order chi connectivity index (χ1) is 13.2. The summed E-state index contributed by atoms with van der Waals surface area (Å²) in [7, 11) is -3.10. The maximum Gasteiger partial charge on any atom is 0.321 e. The number of rotatable bonds is 4. The summed E-state index contributed by atoms with van der Waals surface area (Å²) in [6.07, 6.45) is 4.60. The van der Waals surface area contributed by atoms with Gasteiger partial charge in [0.05, 0.1) is 18.5 Å². The van der Waals surface area contributed by atoms with Crippen LogP contribution in [-0.2, 0) is 14.8 Å². The average Bonchev–Trinajstić information content (AvgIpc) is 2.65. The first kappa shape index (κ1) is 21.1. The van der Waals surface area contributed by atoms with Gasteiger partial charge in [-0.3, -0.25) is 0 Å². The van der Waals surface area contributed by atoms with E-state index >= 15 is 0 Å². The number of amides is 2. The van der Waals surface area contributed by atoms with Gasteiger partial charge < -0.3 is 15.0 Å². The van der Waals surface area contributed by atoms with E-state index in [9.17, 15) is 13.2 Å². The number of anilines is 1. The summed E-state index contributed by atoms with van der Waals surface area (Å²) in [6, 6.07) is 5.87. The second-order valence-electron chi connectivity index (χ2n) is 7.91. The molecule has 28 heavy (non-hydrogen) atoms. The molecular weight excluding hydrogens is 378 g/mol. The predicted molar refractivity (Wildman–Crippen MR) is 110 cm³/mol. The molecule has 2 heterocycles. The zero-order valence-corrected chi connectivity index (χ0v) is 17.8. The molecule has 1 aromatic carbocycles. The Morgan fingerprint density at radius 2 is 1.57 bits per heavy atom. The van der Waals surface area contributed by atoms with Crippen molar-refractivity contribution in [1.29, 1.82) is 0 Å². The highest BCUT2D eigenvalue weighted by molar-refractivity contribution is 7.88. The van der Waals surface area contributed by atoms with E-state index in [4.69, 9.17) is 4.74 Å². The standard InChI is InChI=1S/C20H31N3O4S/c1-15-4-5-17(14-16(15)2)21-20(24)22-10-6-18(7-11-22)27-19-8-12-23(13-9-19)28(3,25)26/h4-5,14,18-19H,6-13H2,1-3H3,(H,21,24). The molecule has 0 aromatic heterocycles. The van der Waals surface area contributed by atoms with E-state index in [1.807, 2.05) is 30.0 Å². The minimum Gasteiger partial charge on any atom is -0.375 e. The summed E-state index contributed by atoms with van der Waals surface area (Å²) in [6.45, 7) is 6.49. The van der Waals surface area contributed by atoms with E-state index in [-0.39, 0.29) is 18.2 Å². The molecule has 0 aliphatic carbocycles. The highest BCUT2D eigenvalue weighted by Gasteiger charge is 2.29. The number of sulfonamides is 1. The first-order valence-electron chi connectivity index (χ1n) is 9.96. The van der Waals surface area contributed by atoms with E-state index in [2.05, 4.69) is 12.2 Å². The lowest BCUT2D eigenvalue weighted by Gasteiger charge is -2.36. The van der Waals surface area contributed by atoms with Crippen molar-refractivity contribution in [3.8, 4) is 0 Å². The minimum absolute atomic E-state index is 0.0665. The van der Waals surface area contributed by atoms with Crippen LogP contribution in [0, 0.1) is 13.8 Å². The number of nitrogens with one attached hydrogen (secondary N) is 1. The summed E-state index contributed by atoms with van der Waals surface area (Å²) in [4.78, 5) is 14.3. The van der Waals surface area contributed by atoms with Gasteiger partial charge in [0.25, 0.3) is 0 Å². The van der Waals surface area contributed by atoms with Crippen LogP contribution in [0.1, 0.15) is 36.8 Å². The number of hydrogen-bond acceptors (Lipinski definition) is 4. The minimum atomic E-state index is -3.10. The number of aryl methyl sites for hydroxylation is 2. The number of carbonyl (C=O) groups is 1. The van der Waals surface area contributed by atoms with Gasteiger partial charge in [0.15, 0.2) is 0 Å². The molecule has 0 bridgehead atoms. The second-order valence-corrected chi connectivity index (χ2v) is 9.90. The first-order valence-corrected chi connectivity index (χ1v) is 11.8. The third-order valence-electron chi connectivity index (χ3n) is 5.74. The lowest BCUT2D eigenvalue weighted by molar-refractivity contribution is -0.0542. The largest absolute Gasteiger partial charge is 0.375 e. The van der Waals surface area contributed by atoms with Gasteiger partial charge in [0.2, 0.25) is 10.0 Å². The zero-order valence-electron chi connectivity index (χ0n) is 17.0. The molecule has 0 radical (unpaired) electrons. The van der Waals surface area contributed by atoms with Crippen molar-refractivity contribution in [2.45, 2.75) is 51.7 Å². The van der Waals surface area contributed by atoms with Crippen LogP contribution in [0.15, 0.2) is 18.2 Å². The lowest BCUT2D eigenvalue weighted by Crippen LogP contribution is -2.45. The van der Waals surface area contributed by atoms with Gasteiger partial charge in [0, 0.05) is 31.9 Å². The third kappa shape index (κ3) is 5.46. The van der Waals surface area contributed by atoms with E-state index in [1.54, 1.807) is 0 Å². The van der Waals surface area contributed by atoms with E-state index < -0.39 is 10.0 Å². The van der Waals surface area contributed by atoms with Crippen molar-refractivity contribution in [3.05, 3.63) is 29.3 Å². The molecule has 2 saturated heterocycles. The normalized spacial score (nSPS) is 20.3. The maximum atomic E-state index is 12.5. The Morgan fingerprint density at radius 1 is 1.00 bits per heavy atom. The highest BCUT2D eigenvalue weighted by atomic mass is 32.2. The Balaban J connectivity index is 1.42. The molecule has 0 atom stereocenters. The fraction of sp³-hybridized carbons (Fsp3) is 0.650. The quantitative estimate of drug-likeness (QED) is 0.829. The molecule has 0 spiro atoms. The number of nitrogens with zero attached hydrogens (tertiary/aromatic N) is 2. The van der Waals surface area contributed by atoms with Gasteiger partial charge in [-0.15, -0.1) is 0 Å². The van der Waals surface area contributed by atoms with Crippen LogP contribution in [0.5, 0.6) is 0 Å². The van der Waals surface area contributed by atoms with Crippen LogP contribution in [0.2, 0.25) is 0 Å². The van der Waals surface area contributed by atoms with Gasteiger partial charge in [-0.2, -0.15) is 0 Å². The molecule has 156 valence electrons. The number of benzene rings is 1. The Labute approximate surface area is 168 Å². The Morgan fingerprint density at radius 3 is 2.11 bits per heavy atom. The van der Waals surface area contributed by atoms with Gasteiger partial charge in [0.1, 0.15) is 0 Å². The summed E-state index contributed by atoms with van der Waals surface area (Å²) in [5, 5.41) is 2.98. The van der Waals surface area contributed by atoms with Crippen molar-refractivity contribution in [2.75, 3.05) is 37.8 Å². The predicted octanol–water partition coefficient (Wildman–Crippen LogP) is 2.74. The van der Waals surface area contributed by atoms with Crippen LogP contribution in [0.3, 0.4) is 0 Å². The van der Waals surface area contributed by atoms with E-state index in [1.165, 1.54) is 16.1 Å². The van der Waals surface area contributed by atoms with E-state index in [0.717, 1.165) is 36.9 Å². The lowest BCUT2D eigenvalue weighted by atomic mass is 10.1. The fourth-order valence-electron chi connectivity index (χ4n) is 3.79. The summed E-state index contributed by atoms with van der Waals surface area (Å²) < 4.78 is 30.9. The van der Waals surface area contributed by atoms with Crippen LogP contribution >= 0.6 is 0 Å². The number of piperidine rings is 2. The SMILES string of the molecule is Cc1ccc(NC(=O)N2CCC(OC3CCN(S(C)(=O)=O)CC3)CC2)cc1C. The monoisotopic (exact) mass is 409 g/mol. The summed E-state index contributed by atoms with van der Waals surface area (Å²) in [5.74, 6) is 0. The smallest absolute Gasteiger partial charge is 0.321 e. The van der Waals surface area contributed by atoms with Crippen LogP contribution in [0.4, 0.5) is 10.5 Å². The van der Waals surface area contributed by atoms with Crippen LogP contribution < -0.4 is 5.32 Å². The van der Waals surface area contributed by atoms with Gasteiger partial charge in [-0.25, -0.2) is 17.5 Å². The van der Waals surface area contributed by atoms with Gasteiger partial charge in [-0.1, -0.05) is 6.07 Å². The van der Waals surface area contributed by atoms with Crippen LogP contribution in [-0.4, -0.2) is 68.3 Å². The summed E-state index contributed by atoms with van der Waals surface area (Å²) >= 11 is 0. The molecule has 0 unspecified atom stereocenters. The highest BCUT2D eigenvalue weighted by Crippen LogP contribution is 2.23. The van der Waals surface area contributed by atoms with Crippen LogP contribution in [0.25, 0.3) is 0 Å². The average molecular weight is 410 g/mol.